The summed E-state index contributed by atoms with van der Waals surface area (Å²) in [6.45, 7) is 3.71. The van der Waals surface area contributed by atoms with Crippen LogP contribution in [-0.4, -0.2) is 31.4 Å². The molecular weight excluding hydrogens is 787 g/mol. The van der Waals surface area contributed by atoms with E-state index in [4.69, 9.17) is 14.0 Å². The standard InChI is InChI=1S/C31H25BF18NO3/c1-4-51(5-2,6-3)15-23-24(31(48,49)50)13-20(30(45,46)47)14-25(23)54-32(52-21-9-16(26(33,34)35)7-17(10-21)27(36,37)38)53-22-11-18(28(39,40)41)8-19(12-22)29(42,43)44/h7-14H,4-6,15H2,1-3H3/q+1. The van der Waals surface area contributed by atoms with Gasteiger partial charge in [-0.25, -0.2) is 0 Å². The predicted molar refractivity (Wildman–Crippen MR) is 153 cm³/mol. The van der Waals surface area contributed by atoms with Crippen molar-refractivity contribution in [3.05, 3.63) is 87.5 Å². The van der Waals surface area contributed by atoms with E-state index in [-0.39, 0.29) is 60.5 Å². The molecule has 54 heavy (non-hydrogen) atoms. The summed E-state index contributed by atoms with van der Waals surface area (Å²) in [5.41, 5.74) is -13.6. The Hall–Kier alpha value is -4.18. The van der Waals surface area contributed by atoms with Crippen molar-refractivity contribution in [2.24, 2.45) is 0 Å². The molecule has 3 aromatic carbocycles. The quantitative estimate of drug-likeness (QED) is 0.110. The minimum atomic E-state index is -5.61. The zero-order valence-corrected chi connectivity index (χ0v) is 27.5. The summed E-state index contributed by atoms with van der Waals surface area (Å²) in [6.07, 6.45) is -33.5. The molecule has 0 amide bonds. The second kappa shape index (κ2) is 15.2. The Morgan fingerprint density at radius 2 is 0.741 bits per heavy atom. The first-order valence-corrected chi connectivity index (χ1v) is 15.1. The molecule has 0 unspecified atom stereocenters. The van der Waals surface area contributed by atoms with Gasteiger partial charge in [0.05, 0.1) is 58.6 Å². The number of nitrogens with zero attached hydrogens (tertiary/aromatic N) is 1. The van der Waals surface area contributed by atoms with E-state index in [1.807, 2.05) is 0 Å². The van der Waals surface area contributed by atoms with Crippen molar-refractivity contribution in [3.63, 3.8) is 0 Å². The Balaban J connectivity index is 2.43. The van der Waals surface area contributed by atoms with Gasteiger partial charge in [0, 0.05) is 0 Å². The van der Waals surface area contributed by atoms with Crippen LogP contribution >= 0.6 is 0 Å². The SMILES string of the molecule is CC[N+](CC)(CC)Cc1c(OB(Oc2cc(C(F)(F)F)cc(C(F)(F)F)c2)Oc2cc(C(F)(F)F)cc(C(F)(F)F)c2)cc(C(F)(F)F)cc1C(F)(F)F. The summed E-state index contributed by atoms with van der Waals surface area (Å²) in [5, 5.41) is 0. The minimum absolute atomic E-state index is 0.0239. The normalized spacial score (nSPS) is 13.6. The summed E-state index contributed by atoms with van der Waals surface area (Å²) >= 11 is 0. The highest BCUT2D eigenvalue weighted by Gasteiger charge is 2.45. The molecule has 0 saturated heterocycles. The van der Waals surface area contributed by atoms with E-state index in [1.54, 1.807) is 0 Å². The van der Waals surface area contributed by atoms with Crippen molar-refractivity contribution < 1.29 is 97.5 Å². The summed E-state index contributed by atoms with van der Waals surface area (Å²) in [5.74, 6) is -4.67. The predicted octanol–water partition coefficient (Wildman–Crippen LogP) is 11.7. The van der Waals surface area contributed by atoms with Crippen LogP contribution < -0.4 is 14.0 Å². The number of alkyl halides is 18. The van der Waals surface area contributed by atoms with E-state index in [0.717, 1.165) is 0 Å². The smallest absolute Gasteiger partial charge is 0.490 e. The second-order valence-corrected chi connectivity index (χ2v) is 11.6. The number of quaternary nitrogens is 1. The van der Waals surface area contributed by atoms with Crippen molar-refractivity contribution in [1.29, 1.82) is 0 Å². The maximum atomic E-state index is 14.4. The zero-order chi connectivity index (χ0) is 41.5. The zero-order valence-electron chi connectivity index (χ0n) is 27.5. The lowest BCUT2D eigenvalue weighted by atomic mass is 9.99. The highest BCUT2D eigenvalue weighted by molar-refractivity contribution is 6.39. The van der Waals surface area contributed by atoms with Crippen molar-refractivity contribution in [2.45, 2.75) is 64.4 Å². The van der Waals surface area contributed by atoms with Crippen LogP contribution in [0.2, 0.25) is 0 Å². The molecule has 0 radical (unpaired) electrons. The fraction of sp³-hybridized carbons (Fsp3) is 0.419. The van der Waals surface area contributed by atoms with Gasteiger partial charge in [0.2, 0.25) is 0 Å². The molecule has 0 N–H and O–H groups in total. The number of halogens is 18. The first kappa shape index (κ1) is 44.2. The summed E-state index contributed by atoms with van der Waals surface area (Å²) in [4.78, 5) is 0. The Labute approximate surface area is 294 Å². The van der Waals surface area contributed by atoms with E-state index in [9.17, 15) is 79.0 Å². The molecule has 4 nitrogen and oxygen atoms in total. The van der Waals surface area contributed by atoms with Crippen molar-refractivity contribution >= 4 is 7.32 Å². The molecule has 0 aliphatic heterocycles. The Kier molecular flexibility index (Phi) is 12.4. The molecule has 3 aromatic rings. The van der Waals surface area contributed by atoms with Gasteiger partial charge in [0.25, 0.3) is 0 Å². The lowest BCUT2D eigenvalue weighted by Gasteiger charge is -2.37. The van der Waals surface area contributed by atoms with Crippen LogP contribution in [-0.2, 0) is 43.6 Å². The van der Waals surface area contributed by atoms with Crippen LogP contribution in [0.5, 0.6) is 17.2 Å². The van der Waals surface area contributed by atoms with Gasteiger partial charge in [-0.15, -0.1) is 0 Å². The first-order chi connectivity index (χ1) is 24.3. The fourth-order valence-corrected chi connectivity index (χ4v) is 5.06. The first-order valence-electron chi connectivity index (χ1n) is 15.1. The Morgan fingerprint density at radius 3 is 1.02 bits per heavy atom. The molecule has 23 heteroatoms. The highest BCUT2D eigenvalue weighted by Crippen LogP contribution is 2.44. The van der Waals surface area contributed by atoms with Gasteiger partial charge in [0.1, 0.15) is 23.8 Å². The molecule has 0 atom stereocenters. The van der Waals surface area contributed by atoms with Gasteiger partial charge in [-0.05, 0) is 69.3 Å². The Morgan fingerprint density at radius 1 is 0.426 bits per heavy atom. The van der Waals surface area contributed by atoms with Crippen molar-refractivity contribution in [2.75, 3.05) is 19.6 Å². The van der Waals surface area contributed by atoms with Crippen LogP contribution in [0.1, 0.15) is 59.7 Å². The van der Waals surface area contributed by atoms with Gasteiger partial charge in [-0.1, -0.05) is 0 Å². The van der Waals surface area contributed by atoms with Gasteiger partial charge in [-0.2, -0.15) is 79.0 Å². The van der Waals surface area contributed by atoms with E-state index >= 15 is 0 Å². The molecular formula is C31H25BF18NO3+. The van der Waals surface area contributed by atoms with Crippen molar-refractivity contribution in [3.8, 4) is 17.2 Å². The van der Waals surface area contributed by atoms with E-state index in [0.29, 0.717) is 0 Å². The number of hydrogen-bond donors (Lipinski definition) is 0. The molecule has 0 fully saturated rings. The van der Waals surface area contributed by atoms with Gasteiger partial charge in [-0.3, -0.25) is 0 Å². The fourth-order valence-electron chi connectivity index (χ4n) is 5.06. The van der Waals surface area contributed by atoms with Gasteiger partial charge in [0.15, 0.2) is 0 Å². The van der Waals surface area contributed by atoms with Crippen LogP contribution in [0.3, 0.4) is 0 Å². The van der Waals surface area contributed by atoms with E-state index in [2.05, 4.69) is 0 Å². The van der Waals surface area contributed by atoms with Gasteiger partial charge < -0.3 is 18.4 Å². The number of benzene rings is 3. The average Bonchev–Trinajstić information content (AvgIpc) is 3.01. The summed E-state index contributed by atoms with van der Waals surface area (Å²) in [7, 11) is -3.26. The summed E-state index contributed by atoms with van der Waals surface area (Å²) < 4.78 is 263. The third-order valence-electron chi connectivity index (χ3n) is 8.16. The van der Waals surface area contributed by atoms with Crippen LogP contribution in [0.25, 0.3) is 0 Å². The maximum Gasteiger partial charge on any atom is 0.864 e. The third-order valence-corrected chi connectivity index (χ3v) is 8.16. The number of hydrogen-bond acceptors (Lipinski definition) is 3. The van der Waals surface area contributed by atoms with Crippen LogP contribution in [0, 0.1) is 0 Å². The molecule has 0 bridgehead atoms. The number of rotatable bonds is 11. The monoisotopic (exact) mass is 812 g/mol. The second-order valence-electron chi connectivity index (χ2n) is 11.6. The van der Waals surface area contributed by atoms with Crippen LogP contribution in [0.15, 0.2) is 48.5 Å². The lowest BCUT2D eigenvalue weighted by Crippen LogP contribution is -2.47. The van der Waals surface area contributed by atoms with Crippen molar-refractivity contribution in [1.82, 2.24) is 0 Å². The highest BCUT2D eigenvalue weighted by atomic mass is 19.4. The lowest BCUT2D eigenvalue weighted by molar-refractivity contribution is -0.936. The Bertz CT molecular complexity index is 1620. The molecule has 0 aliphatic rings. The molecule has 0 heterocycles. The summed E-state index contributed by atoms with van der Waals surface area (Å²) in [6, 6.07) is -1.96. The van der Waals surface area contributed by atoms with E-state index < -0.39 is 119 Å². The van der Waals surface area contributed by atoms with Gasteiger partial charge >= 0.3 is 44.4 Å². The maximum absolute atomic E-state index is 14.4. The average molecular weight is 812 g/mol. The largest absolute Gasteiger partial charge is 0.864 e. The molecule has 0 aliphatic carbocycles. The van der Waals surface area contributed by atoms with Crippen LogP contribution in [0.4, 0.5) is 79.0 Å². The molecule has 3 rings (SSSR count). The molecule has 0 spiro atoms. The molecule has 0 saturated carbocycles. The molecule has 0 aromatic heterocycles. The van der Waals surface area contributed by atoms with E-state index in [1.165, 1.54) is 20.8 Å². The topological polar surface area (TPSA) is 27.7 Å². The minimum Gasteiger partial charge on any atom is -0.490 e. The molecule has 300 valence electrons. The third kappa shape index (κ3) is 11.0.